The zero-order valence-electron chi connectivity index (χ0n) is 12.1. The first-order valence-corrected chi connectivity index (χ1v) is 7.82. The van der Waals surface area contributed by atoms with E-state index in [1.54, 1.807) is 5.56 Å². The van der Waals surface area contributed by atoms with Crippen LogP contribution in [0.3, 0.4) is 0 Å². The van der Waals surface area contributed by atoms with Crippen molar-refractivity contribution in [2.24, 2.45) is 11.7 Å². The minimum Gasteiger partial charge on any atom is -0.329 e. The van der Waals surface area contributed by atoms with Gasteiger partial charge in [-0.05, 0) is 55.7 Å². The van der Waals surface area contributed by atoms with E-state index in [9.17, 15) is 0 Å². The van der Waals surface area contributed by atoms with Crippen LogP contribution in [-0.2, 0) is 13.0 Å². The molecule has 0 radical (unpaired) electrons. The van der Waals surface area contributed by atoms with Gasteiger partial charge in [0.2, 0.25) is 0 Å². The van der Waals surface area contributed by atoms with Crippen molar-refractivity contribution < 1.29 is 0 Å². The molecule has 2 heteroatoms. The number of aryl methyl sites for hydroxylation is 1. The van der Waals surface area contributed by atoms with E-state index in [1.165, 1.54) is 44.2 Å². The molecule has 1 unspecified atom stereocenters. The van der Waals surface area contributed by atoms with Gasteiger partial charge >= 0.3 is 0 Å². The molecule has 2 nitrogen and oxygen atoms in total. The predicted octanol–water partition coefficient (Wildman–Crippen LogP) is 2.95. The number of benzene rings is 1. The van der Waals surface area contributed by atoms with E-state index < -0.39 is 0 Å². The molecule has 1 saturated carbocycles. The van der Waals surface area contributed by atoms with Gasteiger partial charge in [0.1, 0.15) is 0 Å². The van der Waals surface area contributed by atoms with Crippen LogP contribution in [0.15, 0.2) is 24.3 Å². The summed E-state index contributed by atoms with van der Waals surface area (Å²) in [5, 5.41) is 0. The van der Waals surface area contributed by atoms with Crippen LogP contribution in [0.2, 0.25) is 0 Å². The average Bonchev–Trinajstić information content (AvgIpc) is 3.27. The van der Waals surface area contributed by atoms with Crippen LogP contribution < -0.4 is 5.73 Å². The van der Waals surface area contributed by atoms with Crippen LogP contribution in [0.4, 0.5) is 0 Å². The molecule has 2 N–H and O–H groups in total. The Morgan fingerprint density at radius 2 is 2.00 bits per heavy atom. The van der Waals surface area contributed by atoms with Gasteiger partial charge in [-0.3, -0.25) is 4.90 Å². The van der Waals surface area contributed by atoms with Crippen molar-refractivity contribution in [3.05, 3.63) is 35.4 Å². The number of fused-ring (bicyclic) bond motifs is 1. The quantitative estimate of drug-likeness (QED) is 0.899. The van der Waals surface area contributed by atoms with Gasteiger partial charge in [0.25, 0.3) is 0 Å². The van der Waals surface area contributed by atoms with Crippen molar-refractivity contribution in [1.82, 2.24) is 4.90 Å². The predicted molar refractivity (Wildman–Crippen MR) is 80.0 cm³/mol. The Morgan fingerprint density at radius 1 is 1.26 bits per heavy atom. The van der Waals surface area contributed by atoms with E-state index in [0.29, 0.717) is 0 Å². The summed E-state index contributed by atoms with van der Waals surface area (Å²) < 4.78 is 0. The molecule has 1 aliphatic carbocycles. The highest BCUT2D eigenvalue weighted by atomic mass is 15.2. The Bertz CT molecular complexity index is 433. The first-order chi connectivity index (χ1) is 9.30. The van der Waals surface area contributed by atoms with Crippen LogP contribution in [0.5, 0.6) is 0 Å². The summed E-state index contributed by atoms with van der Waals surface area (Å²) in [7, 11) is 0. The molecule has 0 aromatic heterocycles. The smallest absolute Gasteiger partial charge is 0.0360 e. The lowest BCUT2D eigenvalue weighted by atomic mass is 9.87. The molecule has 1 fully saturated rings. The highest BCUT2D eigenvalue weighted by Crippen LogP contribution is 2.45. The van der Waals surface area contributed by atoms with Crippen molar-refractivity contribution in [2.45, 2.75) is 51.1 Å². The molecule has 1 aromatic carbocycles. The van der Waals surface area contributed by atoms with Crippen LogP contribution >= 0.6 is 0 Å². The molecule has 1 atom stereocenters. The fourth-order valence-corrected chi connectivity index (χ4v) is 3.91. The van der Waals surface area contributed by atoms with E-state index >= 15 is 0 Å². The van der Waals surface area contributed by atoms with Crippen LogP contribution in [0, 0.1) is 5.92 Å². The molecule has 0 saturated heterocycles. The van der Waals surface area contributed by atoms with Gasteiger partial charge in [-0.25, -0.2) is 0 Å². The van der Waals surface area contributed by atoms with Gasteiger partial charge in [0.15, 0.2) is 0 Å². The summed E-state index contributed by atoms with van der Waals surface area (Å²) in [5.74, 6) is 0.841. The van der Waals surface area contributed by atoms with Crippen LogP contribution in [-0.4, -0.2) is 23.5 Å². The molecule has 3 rings (SSSR count). The monoisotopic (exact) mass is 258 g/mol. The Kier molecular flexibility index (Phi) is 3.64. The summed E-state index contributed by atoms with van der Waals surface area (Å²) in [6.45, 7) is 5.44. The van der Waals surface area contributed by atoms with Gasteiger partial charge in [-0.15, -0.1) is 0 Å². The molecule has 0 spiro atoms. The zero-order valence-corrected chi connectivity index (χ0v) is 12.1. The second-order valence-corrected chi connectivity index (χ2v) is 6.23. The largest absolute Gasteiger partial charge is 0.329 e. The van der Waals surface area contributed by atoms with Crippen LogP contribution in [0.1, 0.15) is 43.7 Å². The van der Waals surface area contributed by atoms with Crippen LogP contribution in [0.25, 0.3) is 0 Å². The summed E-state index contributed by atoms with van der Waals surface area (Å²) >= 11 is 0. The molecule has 0 amide bonds. The lowest BCUT2D eigenvalue weighted by Crippen LogP contribution is -2.55. The third kappa shape index (κ3) is 2.32. The molecular formula is C17H26N2. The highest BCUT2D eigenvalue weighted by molar-refractivity contribution is 5.28. The molecule has 1 aromatic rings. The molecule has 104 valence electrons. The van der Waals surface area contributed by atoms with E-state index in [-0.39, 0.29) is 5.54 Å². The minimum absolute atomic E-state index is 0.261. The molecule has 19 heavy (non-hydrogen) atoms. The number of nitrogens with two attached hydrogens (primary N) is 1. The topological polar surface area (TPSA) is 29.3 Å². The number of nitrogens with zero attached hydrogens (tertiary/aromatic N) is 1. The van der Waals surface area contributed by atoms with E-state index in [0.717, 1.165) is 19.0 Å². The van der Waals surface area contributed by atoms with Crippen molar-refractivity contribution in [2.75, 3.05) is 13.1 Å². The SMILES string of the molecule is CCC(CN)(C1CC1)N1CCCc2ccccc2C1. The summed E-state index contributed by atoms with van der Waals surface area (Å²) in [5.41, 5.74) is 9.55. The summed E-state index contributed by atoms with van der Waals surface area (Å²) in [4.78, 5) is 2.70. The maximum Gasteiger partial charge on any atom is 0.0360 e. The Hall–Kier alpha value is -0.860. The van der Waals surface area contributed by atoms with Crippen molar-refractivity contribution in [3.8, 4) is 0 Å². The molecular weight excluding hydrogens is 232 g/mol. The fraction of sp³-hybridized carbons (Fsp3) is 0.647. The lowest BCUT2D eigenvalue weighted by molar-refractivity contribution is 0.0616. The highest BCUT2D eigenvalue weighted by Gasteiger charge is 2.47. The Morgan fingerprint density at radius 3 is 2.63 bits per heavy atom. The van der Waals surface area contributed by atoms with Gasteiger partial charge in [0.05, 0.1) is 0 Å². The summed E-state index contributed by atoms with van der Waals surface area (Å²) in [6.07, 6.45) is 6.44. The normalized spacial score (nSPS) is 23.5. The first kappa shape index (κ1) is 13.1. The maximum atomic E-state index is 6.22. The third-order valence-electron chi connectivity index (χ3n) is 5.29. The van der Waals surface area contributed by atoms with Crippen molar-refractivity contribution >= 4 is 0 Å². The van der Waals surface area contributed by atoms with Gasteiger partial charge in [-0.1, -0.05) is 31.2 Å². The van der Waals surface area contributed by atoms with Crippen molar-refractivity contribution in [1.29, 1.82) is 0 Å². The zero-order chi connectivity index (χ0) is 13.3. The number of rotatable bonds is 4. The van der Waals surface area contributed by atoms with Gasteiger partial charge in [0, 0.05) is 18.6 Å². The standard InChI is InChI=1S/C17H26N2/c1-2-17(13-18,16-9-10-16)19-11-5-8-14-6-3-4-7-15(14)12-19/h3-4,6-7,16H,2,5,8-13,18H2,1H3. The molecule has 2 aliphatic rings. The lowest BCUT2D eigenvalue weighted by Gasteiger charge is -2.43. The number of hydrogen-bond donors (Lipinski definition) is 1. The maximum absolute atomic E-state index is 6.22. The minimum atomic E-state index is 0.261. The summed E-state index contributed by atoms with van der Waals surface area (Å²) in [6, 6.07) is 8.95. The van der Waals surface area contributed by atoms with E-state index in [2.05, 4.69) is 36.1 Å². The van der Waals surface area contributed by atoms with E-state index in [4.69, 9.17) is 5.73 Å². The average molecular weight is 258 g/mol. The molecule has 0 bridgehead atoms. The molecule has 1 aliphatic heterocycles. The van der Waals surface area contributed by atoms with Gasteiger partial charge < -0.3 is 5.73 Å². The first-order valence-electron chi connectivity index (χ1n) is 7.82. The van der Waals surface area contributed by atoms with Crippen molar-refractivity contribution in [3.63, 3.8) is 0 Å². The number of hydrogen-bond acceptors (Lipinski definition) is 2. The Balaban J connectivity index is 1.88. The second kappa shape index (κ2) is 5.26. The third-order valence-corrected chi connectivity index (χ3v) is 5.29. The van der Waals surface area contributed by atoms with Gasteiger partial charge in [-0.2, -0.15) is 0 Å². The molecule has 1 heterocycles. The van der Waals surface area contributed by atoms with E-state index in [1.807, 2.05) is 0 Å². The fourth-order valence-electron chi connectivity index (χ4n) is 3.91. The Labute approximate surface area is 117 Å². The second-order valence-electron chi connectivity index (χ2n) is 6.23.